The molecule has 0 aliphatic rings. The summed E-state index contributed by atoms with van der Waals surface area (Å²) in [5, 5.41) is 6.73. The van der Waals surface area contributed by atoms with Crippen molar-refractivity contribution >= 4 is 16.0 Å². The molecule has 0 saturated carbocycles. The summed E-state index contributed by atoms with van der Waals surface area (Å²) in [4.78, 5) is 12.5. The van der Waals surface area contributed by atoms with Gasteiger partial charge in [-0.3, -0.25) is 9.35 Å². The second-order valence-corrected chi connectivity index (χ2v) is 14.3. The lowest BCUT2D eigenvalue weighted by Crippen LogP contribution is -2.28. The number of benzene rings is 4. The van der Waals surface area contributed by atoms with Crippen molar-refractivity contribution in [1.82, 2.24) is 10.5 Å². The molecule has 12 heteroatoms. The van der Waals surface area contributed by atoms with Gasteiger partial charge in [-0.15, -0.1) is 0 Å². The van der Waals surface area contributed by atoms with Crippen LogP contribution in [0.5, 0.6) is 0 Å². The van der Waals surface area contributed by atoms with Crippen LogP contribution in [0.2, 0.25) is 0 Å². The van der Waals surface area contributed by atoms with Crippen LogP contribution in [0.25, 0.3) is 22.5 Å². The van der Waals surface area contributed by atoms with Crippen LogP contribution in [-0.4, -0.2) is 36.3 Å². The summed E-state index contributed by atoms with van der Waals surface area (Å²) in [5.74, 6) is -2.15. The molecule has 256 valence electrons. The normalized spacial score (nSPS) is 12.9. The number of halogens is 4. The molecule has 0 aliphatic heterocycles. The largest absolute Gasteiger partial charge is 0.417 e. The lowest BCUT2D eigenvalue weighted by atomic mass is 9.83. The lowest BCUT2D eigenvalue weighted by molar-refractivity contribution is -0.137. The third kappa shape index (κ3) is 8.81. The summed E-state index contributed by atoms with van der Waals surface area (Å²) >= 11 is 0. The molecular formula is C37H34F4N2O5S. The number of carbonyl (C=O) groups excluding carboxylic acids is 1. The number of nitrogens with one attached hydrogen (secondary N) is 1. The highest BCUT2D eigenvalue weighted by molar-refractivity contribution is 7.85. The maximum absolute atomic E-state index is 15.2. The van der Waals surface area contributed by atoms with Crippen LogP contribution in [0, 0.1) is 5.82 Å². The van der Waals surface area contributed by atoms with E-state index in [1.807, 2.05) is 24.3 Å². The fourth-order valence-corrected chi connectivity index (χ4v) is 5.84. The Morgan fingerprint density at radius 2 is 1.57 bits per heavy atom. The Hall–Kier alpha value is -4.81. The molecule has 0 aliphatic carbocycles. The second kappa shape index (κ2) is 14.0. The fourth-order valence-electron chi connectivity index (χ4n) is 5.48. The Balaban J connectivity index is 1.47. The van der Waals surface area contributed by atoms with Gasteiger partial charge in [0.2, 0.25) is 0 Å². The molecule has 7 nitrogen and oxygen atoms in total. The standard InChI is InChI=1S/C37H34F4N2O5S/c1-36(2,3)27-15-12-24(13-16-27)29(20-23-8-10-25(11-9-23)35(44)42-18-19-49(45,46)47)33-22-34(48-43-33)30-21-26(14-17-32(30)38)28-6-4-5-7-31(28)37(39,40)41/h4-17,21-22,29H,18-20H2,1-3H3,(H,42,44)(H,45,46,47). The van der Waals surface area contributed by atoms with Gasteiger partial charge in [-0.2, -0.15) is 21.6 Å². The second-order valence-electron chi connectivity index (χ2n) is 12.7. The number of aromatic nitrogens is 1. The minimum atomic E-state index is -4.61. The van der Waals surface area contributed by atoms with Gasteiger partial charge in [-0.05, 0) is 70.0 Å². The number of hydrogen-bond acceptors (Lipinski definition) is 5. The monoisotopic (exact) mass is 694 g/mol. The molecule has 0 radical (unpaired) electrons. The molecule has 1 amide bonds. The van der Waals surface area contributed by atoms with Gasteiger partial charge in [0, 0.05) is 24.1 Å². The minimum Gasteiger partial charge on any atom is -0.356 e. The quantitative estimate of drug-likeness (QED) is 0.112. The first-order valence-corrected chi connectivity index (χ1v) is 17.0. The molecule has 5 aromatic rings. The topological polar surface area (TPSA) is 110 Å². The molecule has 1 aromatic heterocycles. The predicted molar refractivity (Wildman–Crippen MR) is 178 cm³/mol. The van der Waals surface area contributed by atoms with E-state index in [0.717, 1.165) is 28.8 Å². The maximum Gasteiger partial charge on any atom is 0.417 e. The Labute approximate surface area is 281 Å². The van der Waals surface area contributed by atoms with Crippen molar-refractivity contribution in [2.45, 2.75) is 44.7 Å². The molecule has 1 unspecified atom stereocenters. The van der Waals surface area contributed by atoms with Crippen LogP contribution in [0.15, 0.2) is 102 Å². The SMILES string of the molecule is CC(C)(C)c1ccc(C(Cc2ccc(C(=O)NCCS(=O)(=O)O)cc2)c2cc(-c3cc(-c4ccccc4C(F)(F)F)ccc3F)on2)cc1. The lowest BCUT2D eigenvalue weighted by Gasteiger charge is -2.21. The van der Waals surface area contributed by atoms with Gasteiger partial charge >= 0.3 is 6.18 Å². The van der Waals surface area contributed by atoms with Gasteiger partial charge in [0.25, 0.3) is 16.0 Å². The van der Waals surface area contributed by atoms with Gasteiger partial charge in [-0.25, -0.2) is 4.39 Å². The maximum atomic E-state index is 15.2. The van der Waals surface area contributed by atoms with E-state index in [9.17, 15) is 26.4 Å². The van der Waals surface area contributed by atoms with E-state index >= 15 is 4.39 Å². The third-order valence-electron chi connectivity index (χ3n) is 8.14. The summed E-state index contributed by atoms with van der Waals surface area (Å²) < 4.78 is 92.9. The van der Waals surface area contributed by atoms with Crippen LogP contribution < -0.4 is 5.32 Å². The van der Waals surface area contributed by atoms with Gasteiger partial charge < -0.3 is 9.84 Å². The zero-order chi connectivity index (χ0) is 35.6. The summed E-state index contributed by atoms with van der Waals surface area (Å²) in [6.07, 6.45) is -4.21. The Kier molecular flexibility index (Phi) is 10.1. The Morgan fingerprint density at radius 1 is 0.898 bits per heavy atom. The van der Waals surface area contributed by atoms with E-state index < -0.39 is 45.3 Å². The molecule has 0 spiro atoms. The zero-order valence-corrected chi connectivity index (χ0v) is 27.7. The average molecular weight is 695 g/mol. The van der Waals surface area contributed by atoms with Crippen molar-refractivity contribution < 1.29 is 39.8 Å². The van der Waals surface area contributed by atoms with E-state index in [1.165, 1.54) is 30.3 Å². The first kappa shape index (κ1) is 35.5. The van der Waals surface area contributed by atoms with Gasteiger partial charge in [-0.1, -0.05) is 86.6 Å². The fraction of sp³-hybridized carbons (Fsp3) is 0.243. The number of hydrogen-bond donors (Lipinski definition) is 2. The number of alkyl halides is 3. The van der Waals surface area contributed by atoms with Crippen molar-refractivity contribution in [3.05, 3.63) is 136 Å². The summed E-state index contributed by atoms with van der Waals surface area (Å²) in [6.45, 7) is 6.04. The van der Waals surface area contributed by atoms with Crippen molar-refractivity contribution in [3.63, 3.8) is 0 Å². The van der Waals surface area contributed by atoms with Crippen LogP contribution in [-0.2, 0) is 28.1 Å². The van der Waals surface area contributed by atoms with Crippen molar-refractivity contribution in [3.8, 4) is 22.5 Å². The first-order chi connectivity index (χ1) is 23.0. The average Bonchev–Trinajstić information content (AvgIpc) is 3.52. The predicted octanol–water partition coefficient (Wildman–Crippen LogP) is 8.46. The smallest absolute Gasteiger partial charge is 0.356 e. The molecule has 49 heavy (non-hydrogen) atoms. The molecule has 0 saturated heterocycles. The molecule has 0 fully saturated rings. The van der Waals surface area contributed by atoms with Crippen LogP contribution in [0.4, 0.5) is 17.6 Å². The van der Waals surface area contributed by atoms with Crippen molar-refractivity contribution in [2.75, 3.05) is 12.3 Å². The number of rotatable bonds is 10. The number of carbonyl (C=O) groups is 1. The number of nitrogens with zero attached hydrogens (tertiary/aromatic N) is 1. The van der Waals surface area contributed by atoms with E-state index in [0.29, 0.717) is 12.1 Å². The molecule has 2 N–H and O–H groups in total. The van der Waals surface area contributed by atoms with Crippen molar-refractivity contribution in [2.24, 2.45) is 0 Å². The van der Waals surface area contributed by atoms with Gasteiger partial charge in [0.15, 0.2) is 5.76 Å². The first-order valence-electron chi connectivity index (χ1n) is 15.4. The highest BCUT2D eigenvalue weighted by atomic mass is 32.2. The van der Waals surface area contributed by atoms with Crippen molar-refractivity contribution in [1.29, 1.82) is 0 Å². The highest BCUT2D eigenvalue weighted by Crippen LogP contribution is 2.39. The number of amides is 1. The molecule has 0 bridgehead atoms. The van der Waals surface area contributed by atoms with E-state index in [-0.39, 0.29) is 40.0 Å². The highest BCUT2D eigenvalue weighted by Gasteiger charge is 2.33. The molecule has 1 atom stereocenters. The molecule has 4 aromatic carbocycles. The van der Waals surface area contributed by atoms with E-state index in [4.69, 9.17) is 9.08 Å². The van der Waals surface area contributed by atoms with Crippen LogP contribution in [0.1, 0.15) is 65.0 Å². The van der Waals surface area contributed by atoms with Gasteiger partial charge in [0.05, 0.1) is 22.6 Å². The molecule has 1 heterocycles. The van der Waals surface area contributed by atoms with Crippen LogP contribution >= 0.6 is 0 Å². The summed E-state index contributed by atoms with van der Waals surface area (Å²) in [6, 6.07) is 25.0. The minimum absolute atomic E-state index is 0.0422. The zero-order valence-electron chi connectivity index (χ0n) is 26.9. The third-order valence-corrected chi connectivity index (χ3v) is 8.86. The Morgan fingerprint density at radius 3 is 2.20 bits per heavy atom. The Bertz CT molecular complexity index is 2050. The van der Waals surface area contributed by atoms with Gasteiger partial charge in [0.1, 0.15) is 5.82 Å². The summed E-state index contributed by atoms with van der Waals surface area (Å²) in [5.41, 5.74) is 2.66. The molecular weight excluding hydrogens is 660 g/mol. The van der Waals surface area contributed by atoms with Crippen LogP contribution in [0.3, 0.4) is 0 Å². The summed E-state index contributed by atoms with van der Waals surface area (Å²) in [7, 11) is -4.22. The van der Waals surface area contributed by atoms with E-state index in [2.05, 4.69) is 31.2 Å². The molecule has 5 rings (SSSR count). The van der Waals surface area contributed by atoms with E-state index in [1.54, 1.807) is 30.3 Å².